The fraction of sp³-hybridized carbons (Fsp3) is 0.278. The van der Waals surface area contributed by atoms with Gasteiger partial charge in [0.15, 0.2) is 0 Å². The molecule has 114 valence electrons. The molecule has 1 amide bonds. The number of halogens is 1. The second-order valence-corrected chi connectivity index (χ2v) is 6.47. The molecule has 0 aliphatic carbocycles. The lowest BCUT2D eigenvalue weighted by Crippen LogP contribution is -2.23. The van der Waals surface area contributed by atoms with E-state index in [2.05, 4.69) is 50.4 Å². The van der Waals surface area contributed by atoms with Crippen molar-refractivity contribution in [3.63, 3.8) is 0 Å². The van der Waals surface area contributed by atoms with Gasteiger partial charge in [0, 0.05) is 35.4 Å². The van der Waals surface area contributed by atoms with E-state index in [0.29, 0.717) is 12.1 Å². The van der Waals surface area contributed by atoms with Crippen molar-refractivity contribution in [2.45, 2.75) is 19.4 Å². The number of carbonyl (C=O) groups excluding carboxylic acids is 1. The first kappa shape index (κ1) is 15.1. The zero-order valence-electron chi connectivity index (χ0n) is 12.4. The van der Waals surface area contributed by atoms with E-state index in [4.69, 9.17) is 0 Å². The van der Waals surface area contributed by atoms with Gasteiger partial charge in [0.1, 0.15) is 0 Å². The van der Waals surface area contributed by atoms with Gasteiger partial charge in [0.25, 0.3) is 5.91 Å². The number of anilines is 1. The van der Waals surface area contributed by atoms with Gasteiger partial charge in [-0.1, -0.05) is 34.1 Å². The second-order valence-electron chi connectivity index (χ2n) is 5.55. The Morgan fingerprint density at radius 3 is 2.50 bits per heavy atom. The van der Waals surface area contributed by atoms with E-state index in [9.17, 15) is 4.79 Å². The Labute approximate surface area is 139 Å². The summed E-state index contributed by atoms with van der Waals surface area (Å²) in [7, 11) is 0. The van der Waals surface area contributed by atoms with Crippen LogP contribution in [0.15, 0.2) is 53.0 Å². The number of amides is 1. The molecule has 0 saturated carbocycles. The normalized spacial score (nSPS) is 14.1. The molecule has 3 nitrogen and oxygen atoms in total. The standard InChI is InChI=1S/C18H19BrN2O/c19-16-5-3-4-15(12-16)18(22)20-13-14-6-8-17(9-7-14)21-10-1-2-11-21/h3-9,12H,1-2,10-11,13H2,(H,20,22). The molecule has 1 aliphatic rings. The summed E-state index contributed by atoms with van der Waals surface area (Å²) in [4.78, 5) is 14.5. The summed E-state index contributed by atoms with van der Waals surface area (Å²) >= 11 is 3.38. The summed E-state index contributed by atoms with van der Waals surface area (Å²) < 4.78 is 0.912. The van der Waals surface area contributed by atoms with Crippen molar-refractivity contribution in [2.24, 2.45) is 0 Å². The number of nitrogens with zero attached hydrogens (tertiary/aromatic N) is 1. The van der Waals surface area contributed by atoms with Crippen LogP contribution in [0.1, 0.15) is 28.8 Å². The van der Waals surface area contributed by atoms with Crippen LogP contribution in [-0.4, -0.2) is 19.0 Å². The van der Waals surface area contributed by atoms with Gasteiger partial charge in [-0.05, 0) is 48.7 Å². The lowest BCUT2D eigenvalue weighted by atomic mass is 10.1. The molecule has 22 heavy (non-hydrogen) atoms. The minimum atomic E-state index is -0.0510. The molecule has 2 aromatic carbocycles. The smallest absolute Gasteiger partial charge is 0.251 e. The molecule has 2 aromatic rings. The predicted molar refractivity (Wildman–Crippen MR) is 93.2 cm³/mol. The molecule has 1 N–H and O–H groups in total. The van der Waals surface area contributed by atoms with Gasteiger partial charge in [0.2, 0.25) is 0 Å². The molecule has 3 rings (SSSR count). The molecule has 4 heteroatoms. The zero-order valence-corrected chi connectivity index (χ0v) is 14.0. The first-order valence-corrected chi connectivity index (χ1v) is 8.39. The number of nitrogens with one attached hydrogen (secondary N) is 1. The Hall–Kier alpha value is -1.81. The lowest BCUT2D eigenvalue weighted by molar-refractivity contribution is 0.0951. The topological polar surface area (TPSA) is 32.3 Å². The maximum Gasteiger partial charge on any atom is 0.251 e. The fourth-order valence-corrected chi connectivity index (χ4v) is 3.11. The van der Waals surface area contributed by atoms with Crippen LogP contribution in [0.5, 0.6) is 0 Å². The van der Waals surface area contributed by atoms with E-state index >= 15 is 0 Å². The van der Waals surface area contributed by atoms with Crippen molar-refractivity contribution in [1.82, 2.24) is 5.32 Å². The Kier molecular flexibility index (Phi) is 4.78. The van der Waals surface area contributed by atoms with Gasteiger partial charge in [0.05, 0.1) is 0 Å². The summed E-state index contributed by atoms with van der Waals surface area (Å²) in [5.74, 6) is -0.0510. The molecule has 1 heterocycles. The largest absolute Gasteiger partial charge is 0.372 e. The molecule has 1 saturated heterocycles. The van der Waals surface area contributed by atoms with Crippen molar-refractivity contribution in [1.29, 1.82) is 0 Å². The fourth-order valence-electron chi connectivity index (χ4n) is 2.71. The Morgan fingerprint density at radius 1 is 1.09 bits per heavy atom. The van der Waals surface area contributed by atoms with Crippen molar-refractivity contribution in [3.05, 3.63) is 64.1 Å². The minimum Gasteiger partial charge on any atom is -0.372 e. The van der Waals surface area contributed by atoms with Gasteiger partial charge in [-0.25, -0.2) is 0 Å². The van der Waals surface area contributed by atoms with Crippen LogP contribution < -0.4 is 10.2 Å². The van der Waals surface area contributed by atoms with Gasteiger partial charge in [-0.2, -0.15) is 0 Å². The number of carbonyl (C=O) groups is 1. The third kappa shape index (κ3) is 3.69. The number of hydrogen-bond donors (Lipinski definition) is 1. The number of benzene rings is 2. The molecule has 0 bridgehead atoms. The third-order valence-electron chi connectivity index (χ3n) is 3.95. The highest BCUT2D eigenvalue weighted by molar-refractivity contribution is 9.10. The molecule has 0 atom stereocenters. The van der Waals surface area contributed by atoms with Crippen molar-refractivity contribution < 1.29 is 4.79 Å². The maximum absolute atomic E-state index is 12.1. The van der Waals surface area contributed by atoms with Gasteiger partial charge < -0.3 is 10.2 Å². The molecule has 0 aromatic heterocycles. The lowest BCUT2D eigenvalue weighted by Gasteiger charge is -2.17. The van der Waals surface area contributed by atoms with E-state index in [0.717, 1.165) is 23.1 Å². The molecule has 0 spiro atoms. The highest BCUT2D eigenvalue weighted by Crippen LogP contribution is 2.20. The zero-order chi connectivity index (χ0) is 15.4. The molecular formula is C18H19BrN2O. The Bertz CT molecular complexity index is 648. The van der Waals surface area contributed by atoms with E-state index < -0.39 is 0 Å². The van der Waals surface area contributed by atoms with Gasteiger partial charge in [-0.3, -0.25) is 4.79 Å². The van der Waals surface area contributed by atoms with Crippen LogP contribution in [0.25, 0.3) is 0 Å². The highest BCUT2D eigenvalue weighted by Gasteiger charge is 2.12. The second kappa shape index (κ2) is 6.97. The van der Waals surface area contributed by atoms with Crippen molar-refractivity contribution in [3.8, 4) is 0 Å². The van der Waals surface area contributed by atoms with E-state index in [1.807, 2.05) is 24.3 Å². The Morgan fingerprint density at radius 2 is 1.82 bits per heavy atom. The van der Waals surface area contributed by atoms with Crippen LogP contribution in [0.4, 0.5) is 5.69 Å². The minimum absolute atomic E-state index is 0.0510. The third-order valence-corrected chi connectivity index (χ3v) is 4.44. The van der Waals surface area contributed by atoms with Crippen LogP contribution >= 0.6 is 15.9 Å². The first-order valence-electron chi connectivity index (χ1n) is 7.60. The van der Waals surface area contributed by atoms with E-state index in [1.165, 1.54) is 18.5 Å². The van der Waals surface area contributed by atoms with Crippen LogP contribution in [0.2, 0.25) is 0 Å². The molecule has 1 aliphatic heterocycles. The van der Waals surface area contributed by atoms with Crippen molar-refractivity contribution in [2.75, 3.05) is 18.0 Å². The van der Waals surface area contributed by atoms with E-state index in [1.54, 1.807) is 0 Å². The summed E-state index contributed by atoms with van der Waals surface area (Å²) in [6, 6.07) is 15.9. The van der Waals surface area contributed by atoms with Gasteiger partial charge in [-0.15, -0.1) is 0 Å². The number of hydrogen-bond acceptors (Lipinski definition) is 2. The average Bonchev–Trinajstić information content (AvgIpc) is 3.07. The quantitative estimate of drug-likeness (QED) is 0.896. The predicted octanol–water partition coefficient (Wildman–Crippen LogP) is 3.98. The highest BCUT2D eigenvalue weighted by atomic mass is 79.9. The maximum atomic E-state index is 12.1. The summed E-state index contributed by atoms with van der Waals surface area (Å²) in [5, 5.41) is 2.96. The van der Waals surface area contributed by atoms with E-state index in [-0.39, 0.29) is 5.91 Å². The molecule has 0 radical (unpaired) electrons. The number of rotatable bonds is 4. The van der Waals surface area contributed by atoms with Crippen LogP contribution in [0.3, 0.4) is 0 Å². The first-order chi connectivity index (χ1) is 10.7. The van der Waals surface area contributed by atoms with Crippen LogP contribution in [0, 0.1) is 0 Å². The van der Waals surface area contributed by atoms with Gasteiger partial charge >= 0.3 is 0 Å². The summed E-state index contributed by atoms with van der Waals surface area (Å²) in [5.41, 5.74) is 3.06. The summed E-state index contributed by atoms with van der Waals surface area (Å²) in [6.07, 6.45) is 2.56. The summed E-state index contributed by atoms with van der Waals surface area (Å²) in [6.45, 7) is 2.85. The van der Waals surface area contributed by atoms with Crippen molar-refractivity contribution >= 4 is 27.5 Å². The molecule has 1 fully saturated rings. The monoisotopic (exact) mass is 358 g/mol. The van der Waals surface area contributed by atoms with Crippen LogP contribution in [-0.2, 0) is 6.54 Å². The molecular weight excluding hydrogens is 340 g/mol. The SMILES string of the molecule is O=C(NCc1ccc(N2CCCC2)cc1)c1cccc(Br)c1. The Balaban J connectivity index is 1.58. The average molecular weight is 359 g/mol. The molecule has 0 unspecified atom stereocenters.